The lowest BCUT2D eigenvalue weighted by molar-refractivity contribution is -0.0725. The van der Waals surface area contributed by atoms with Gasteiger partial charge in [0.15, 0.2) is 5.76 Å². The second kappa shape index (κ2) is 6.62. The molecule has 1 aromatic heterocycles. The van der Waals surface area contributed by atoms with Gasteiger partial charge < -0.3 is 14.5 Å². The van der Waals surface area contributed by atoms with Crippen LogP contribution in [0.25, 0.3) is 0 Å². The van der Waals surface area contributed by atoms with Crippen LogP contribution >= 0.6 is 0 Å². The summed E-state index contributed by atoms with van der Waals surface area (Å²) in [5, 5.41) is 2.98. The first-order valence-electron chi connectivity index (χ1n) is 7.97. The number of nitrogens with zero attached hydrogens (tertiary/aromatic N) is 1. The number of morpholine rings is 1. The molecule has 1 saturated heterocycles. The third-order valence-electron chi connectivity index (χ3n) is 4.62. The van der Waals surface area contributed by atoms with Crippen molar-refractivity contribution in [1.82, 2.24) is 10.2 Å². The van der Waals surface area contributed by atoms with E-state index in [2.05, 4.69) is 17.1 Å². The Hall–Kier alpha value is -1.33. The first-order chi connectivity index (χ1) is 10.3. The number of ether oxygens (including phenoxy) is 1. The van der Waals surface area contributed by atoms with E-state index < -0.39 is 0 Å². The van der Waals surface area contributed by atoms with Gasteiger partial charge in [0.2, 0.25) is 0 Å². The van der Waals surface area contributed by atoms with Gasteiger partial charge in [-0.1, -0.05) is 6.92 Å². The zero-order valence-electron chi connectivity index (χ0n) is 12.6. The SMILES string of the molecule is CCCN1CCOC2C(CNC(=O)c3ccco3)CCC21. The van der Waals surface area contributed by atoms with Gasteiger partial charge in [-0.25, -0.2) is 0 Å². The fourth-order valence-electron chi connectivity index (χ4n) is 3.64. The average Bonchev–Trinajstić information content (AvgIpc) is 3.15. The monoisotopic (exact) mass is 292 g/mol. The van der Waals surface area contributed by atoms with E-state index in [0.29, 0.717) is 24.3 Å². The maximum Gasteiger partial charge on any atom is 0.286 e. The Morgan fingerprint density at radius 1 is 1.48 bits per heavy atom. The van der Waals surface area contributed by atoms with Crippen LogP contribution in [0.1, 0.15) is 36.7 Å². The molecule has 0 aromatic carbocycles. The van der Waals surface area contributed by atoms with Crippen molar-refractivity contribution in [3.63, 3.8) is 0 Å². The van der Waals surface area contributed by atoms with Crippen molar-refractivity contribution in [2.24, 2.45) is 5.92 Å². The van der Waals surface area contributed by atoms with E-state index in [9.17, 15) is 4.79 Å². The van der Waals surface area contributed by atoms with Crippen LogP contribution in [0.5, 0.6) is 0 Å². The Morgan fingerprint density at radius 3 is 3.14 bits per heavy atom. The van der Waals surface area contributed by atoms with Crippen molar-refractivity contribution in [1.29, 1.82) is 0 Å². The highest BCUT2D eigenvalue weighted by Crippen LogP contribution is 2.34. The number of fused-ring (bicyclic) bond motifs is 1. The maximum atomic E-state index is 11.9. The lowest BCUT2D eigenvalue weighted by atomic mass is 10.0. The summed E-state index contributed by atoms with van der Waals surface area (Å²) in [6, 6.07) is 3.95. The zero-order chi connectivity index (χ0) is 14.7. The highest BCUT2D eigenvalue weighted by Gasteiger charge is 2.42. The molecule has 0 bridgehead atoms. The number of nitrogens with one attached hydrogen (secondary N) is 1. The van der Waals surface area contributed by atoms with Gasteiger partial charge in [-0.15, -0.1) is 0 Å². The van der Waals surface area contributed by atoms with E-state index in [1.54, 1.807) is 12.1 Å². The summed E-state index contributed by atoms with van der Waals surface area (Å²) in [4.78, 5) is 14.5. The molecule has 21 heavy (non-hydrogen) atoms. The highest BCUT2D eigenvalue weighted by molar-refractivity contribution is 5.91. The van der Waals surface area contributed by atoms with Crippen LogP contribution in [-0.4, -0.2) is 49.2 Å². The predicted octanol–water partition coefficient (Wildman–Crippen LogP) is 1.90. The van der Waals surface area contributed by atoms with Gasteiger partial charge in [-0.2, -0.15) is 0 Å². The van der Waals surface area contributed by atoms with Gasteiger partial charge in [0.1, 0.15) is 0 Å². The van der Waals surface area contributed by atoms with Crippen molar-refractivity contribution < 1.29 is 13.9 Å². The van der Waals surface area contributed by atoms with Crippen molar-refractivity contribution >= 4 is 5.91 Å². The molecule has 2 aliphatic rings. The van der Waals surface area contributed by atoms with Gasteiger partial charge >= 0.3 is 0 Å². The van der Waals surface area contributed by atoms with Crippen LogP contribution in [0.15, 0.2) is 22.8 Å². The summed E-state index contributed by atoms with van der Waals surface area (Å²) in [6.07, 6.45) is 5.26. The molecule has 1 aromatic rings. The third-order valence-corrected chi connectivity index (χ3v) is 4.62. The molecule has 2 heterocycles. The standard InChI is InChI=1S/C16H24N2O3/c1-2-7-18-8-10-21-15-12(5-6-13(15)18)11-17-16(19)14-4-3-9-20-14/h3-4,9,12-13,15H,2,5-8,10-11H2,1H3,(H,17,19). The van der Waals surface area contributed by atoms with Gasteiger partial charge in [-0.3, -0.25) is 9.69 Å². The van der Waals surface area contributed by atoms with E-state index in [1.165, 1.54) is 19.1 Å². The Kier molecular flexibility index (Phi) is 4.60. The number of hydrogen-bond donors (Lipinski definition) is 1. The fraction of sp³-hybridized carbons (Fsp3) is 0.688. The Balaban J connectivity index is 1.54. The molecule has 3 unspecified atom stereocenters. The van der Waals surface area contributed by atoms with Gasteiger partial charge in [0.05, 0.1) is 19.0 Å². The summed E-state index contributed by atoms with van der Waals surface area (Å²) in [6.45, 7) is 5.89. The minimum Gasteiger partial charge on any atom is -0.459 e. The fourth-order valence-corrected chi connectivity index (χ4v) is 3.64. The quantitative estimate of drug-likeness (QED) is 0.900. The normalized spacial score (nSPS) is 29.3. The summed E-state index contributed by atoms with van der Waals surface area (Å²) < 4.78 is 11.1. The summed E-state index contributed by atoms with van der Waals surface area (Å²) in [5.41, 5.74) is 0. The number of carbonyl (C=O) groups excluding carboxylic acids is 1. The van der Waals surface area contributed by atoms with E-state index in [4.69, 9.17) is 9.15 Å². The van der Waals surface area contributed by atoms with Crippen LogP contribution in [0.2, 0.25) is 0 Å². The molecule has 2 fully saturated rings. The topological polar surface area (TPSA) is 54.7 Å². The summed E-state index contributed by atoms with van der Waals surface area (Å²) in [7, 11) is 0. The van der Waals surface area contributed by atoms with Crippen LogP contribution in [0.3, 0.4) is 0 Å². The summed E-state index contributed by atoms with van der Waals surface area (Å²) in [5.74, 6) is 0.653. The van der Waals surface area contributed by atoms with Crippen LogP contribution in [0.4, 0.5) is 0 Å². The molecule has 116 valence electrons. The molecule has 3 atom stereocenters. The number of carbonyl (C=O) groups is 1. The molecule has 1 amide bonds. The van der Waals surface area contributed by atoms with Crippen molar-refractivity contribution in [3.8, 4) is 0 Å². The van der Waals surface area contributed by atoms with Crippen LogP contribution in [0, 0.1) is 5.92 Å². The minimum atomic E-state index is -0.135. The average molecular weight is 292 g/mol. The van der Waals surface area contributed by atoms with E-state index in [0.717, 1.165) is 26.1 Å². The van der Waals surface area contributed by atoms with E-state index in [1.807, 2.05) is 0 Å². The highest BCUT2D eigenvalue weighted by atomic mass is 16.5. The van der Waals surface area contributed by atoms with E-state index >= 15 is 0 Å². The number of hydrogen-bond acceptors (Lipinski definition) is 4. The third kappa shape index (κ3) is 3.14. The van der Waals surface area contributed by atoms with Crippen molar-refractivity contribution in [2.75, 3.05) is 26.2 Å². The van der Waals surface area contributed by atoms with Gasteiger partial charge in [0.25, 0.3) is 5.91 Å². The second-order valence-corrected chi connectivity index (χ2v) is 5.96. The van der Waals surface area contributed by atoms with Crippen LogP contribution in [-0.2, 0) is 4.74 Å². The molecule has 0 spiro atoms. The largest absolute Gasteiger partial charge is 0.459 e. The lowest BCUT2D eigenvalue weighted by Gasteiger charge is -2.39. The maximum absolute atomic E-state index is 11.9. The molecular formula is C16H24N2O3. The van der Waals surface area contributed by atoms with Gasteiger partial charge in [-0.05, 0) is 37.9 Å². The van der Waals surface area contributed by atoms with Crippen LogP contribution < -0.4 is 5.32 Å². The number of amides is 1. The molecule has 1 aliphatic heterocycles. The van der Waals surface area contributed by atoms with Crippen molar-refractivity contribution in [3.05, 3.63) is 24.2 Å². The lowest BCUT2D eigenvalue weighted by Crippen LogP contribution is -2.51. The minimum absolute atomic E-state index is 0.135. The van der Waals surface area contributed by atoms with Gasteiger partial charge in [0, 0.05) is 25.0 Å². The molecule has 1 saturated carbocycles. The first-order valence-corrected chi connectivity index (χ1v) is 7.97. The molecule has 3 rings (SSSR count). The Morgan fingerprint density at radius 2 is 2.38 bits per heavy atom. The molecule has 1 N–H and O–H groups in total. The molecular weight excluding hydrogens is 268 g/mol. The smallest absolute Gasteiger partial charge is 0.286 e. The Bertz CT molecular complexity index is 458. The molecule has 1 aliphatic carbocycles. The second-order valence-electron chi connectivity index (χ2n) is 5.96. The number of furan rings is 1. The summed E-state index contributed by atoms with van der Waals surface area (Å²) >= 11 is 0. The predicted molar refractivity (Wildman–Crippen MR) is 79.2 cm³/mol. The molecule has 5 heteroatoms. The Labute approximate surface area is 125 Å². The van der Waals surface area contributed by atoms with Crippen molar-refractivity contribution in [2.45, 2.75) is 38.3 Å². The first kappa shape index (κ1) is 14.6. The molecule has 0 radical (unpaired) electrons. The number of rotatable bonds is 5. The molecule has 5 nitrogen and oxygen atoms in total. The zero-order valence-corrected chi connectivity index (χ0v) is 12.6. The van der Waals surface area contributed by atoms with E-state index in [-0.39, 0.29) is 12.0 Å².